The van der Waals surface area contributed by atoms with Crippen molar-refractivity contribution in [3.8, 4) is 5.75 Å². The number of ether oxygens (including phenoxy) is 2. The van der Waals surface area contributed by atoms with Crippen LogP contribution in [0.25, 0.3) is 0 Å². The fourth-order valence-corrected chi connectivity index (χ4v) is 1.76. The van der Waals surface area contributed by atoms with E-state index in [9.17, 15) is 4.79 Å². The van der Waals surface area contributed by atoms with Gasteiger partial charge in [0.05, 0.1) is 7.11 Å². The average molecular weight is 305 g/mol. The Balaban J connectivity index is 2.45. The van der Waals surface area contributed by atoms with Crippen molar-refractivity contribution in [2.24, 2.45) is 0 Å². The van der Waals surface area contributed by atoms with Crippen molar-refractivity contribution in [2.75, 3.05) is 20.0 Å². The maximum Gasteiger partial charge on any atom is 0.322 e. The molecule has 1 unspecified atom stereocenters. The van der Waals surface area contributed by atoms with Crippen LogP contribution in [0, 0.1) is 0 Å². The lowest BCUT2D eigenvalue weighted by atomic mass is 10.3. The second-order valence-electron chi connectivity index (χ2n) is 2.98. The van der Waals surface area contributed by atoms with Crippen LogP contribution < -0.4 is 4.74 Å². The molecule has 0 saturated heterocycles. The summed E-state index contributed by atoms with van der Waals surface area (Å²) in [6, 6.07) is 7.70. The largest absolute Gasteiger partial charge is 0.492 e. The molecule has 0 amide bonds. The van der Waals surface area contributed by atoms with E-state index in [0.29, 0.717) is 0 Å². The zero-order valence-electron chi connectivity index (χ0n) is 9.10. The molecule has 0 N–H and O–H groups in total. The summed E-state index contributed by atoms with van der Waals surface area (Å²) in [6.45, 7) is 0.255. The minimum absolute atomic E-state index is 0.255. The van der Waals surface area contributed by atoms with Crippen LogP contribution in [-0.2, 0) is 9.53 Å². The average Bonchev–Trinajstić information content (AvgIpc) is 2.35. The van der Waals surface area contributed by atoms with Crippen LogP contribution in [-0.4, -0.2) is 30.8 Å². The number of rotatable bonds is 5. The maximum absolute atomic E-state index is 11.1. The van der Waals surface area contributed by atoms with Crippen LogP contribution in [0.15, 0.2) is 29.2 Å². The molecule has 1 aromatic carbocycles. The molecular weight excluding hydrogens is 292 g/mol. The first kappa shape index (κ1) is 13.4. The number of hydrogen-bond acceptors (Lipinski definition) is 4. The molecule has 0 aliphatic heterocycles. The number of hydrogen-bond donors (Lipinski definition) is 0. The van der Waals surface area contributed by atoms with Gasteiger partial charge in [0.25, 0.3) is 0 Å². The number of carbonyl (C=O) groups is 1. The van der Waals surface area contributed by atoms with Crippen LogP contribution in [0.4, 0.5) is 0 Å². The summed E-state index contributed by atoms with van der Waals surface area (Å²) < 4.78 is 10.0. The molecule has 0 aromatic heterocycles. The summed E-state index contributed by atoms with van der Waals surface area (Å²) in [5.74, 6) is 0.409. The third-order valence-corrected chi connectivity index (χ3v) is 3.29. The topological polar surface area (TPSA) is 35.5 Å². The van der Waals surface area contributed by atoms with Crippen LogP contribution in [0.5, 0.6) is 5.75 Å². The molecule has 1 atom stereocenters. The van der Waals surface area contributed by atoms with E-state index in [1.54, 1.807) is 11.8 Å². The van der Waals surface area contributed by atoms with Crippen molar-refractivity contribution in [3.05, 3.63) is 24.3 Å². The Morgan fingerprint density at radius 3 is 2.56 bits per heavy atom. The molecule has 0 spiro atoms. The Bertz CT molecular complexity index is 340. The number of methoxy groups -OCH3 is 1. The highest BCUT2D eigenvalue weighted by molar-refractivity contribution is 9.10. The third-order valence-electron chi connectivity index (χ3n) is 1.91. The summed E-state index contributed by atoms with van der Waals surface area (Å²) >= 11 is 4.86. The SMILES string of the molecule is COC(=O)C(Br)COc1ccc(SC)cc1. The van der Waals surface area contributed by atoms with E-state index in [2.05, 4.69) is 20.7 Å². The van der Waals surface area contributed by atoms with Gasteiger partial charge in [-0.3, -0.25) is 4.79 Å². The quantitative estimate of drug-likeness (QED) is 0.476. The Labute approximate surface area is 108 Å². The second-order valence-corrected chi connectivity index (χ2v) is 4.96. The maximum atomic E-state index is 11.1. The van der Waals surface area contributed by atoms with Gasteiger partial charge in [-0.15, -0.1) is 11.8 Å². The molecular formula is C11H13BrO3S. The normalized spacial score (nSPS) is 11.9. The molecule has 0 bridgehead atoms. The van der Waals surface area contributed by atoms with E-state index in [1.807, 2.05) is 30.5 Å². The summed E-state index contributed by atoms with van der Waals surface area (Å²) in [4.78, 5) is 11.8. The zero-order chi connectivity index (χ0) is 12.0. The van der Waals surface area contributed by atoms with E-state index in [1.165, 1.54) is 12.0 Å². The second kappa shape index (κ2) is 6.81. The van der Waals surface area contributed by atoms with E-state index in [4.69, 9.17) is 4.74 Å². The zero-order valence-corrected chi connectivity index (χ0v) is 11.5. The van der Waals surface area contributed by atoms with Crippen molar-refractivity contribution < 1.29 is 14.3 Å². The first-order valence-electron chi connectivity index (χ1n) is 4.66. The number of esters is 1. The van der Waals surface area contributed by atoms with Gasteiger partial charge in [0.1, 0.15) is 17.2 Å². The summed E-state index contributed by atoms with van der Waals surface area (Å²) in [6.07, 6.45) is 2.02. The lowest BCUT2D eigenvalue weighted by molar-refractivity contribution is -0.140. The molecule has 1 aromatic rings. The van der Waals surface area contributed by atoms with Gasteiger partial charge >= 0.3 is 5.97 Å². The van der Waals surface area contributed by atoms with E-state index in [0.717, 1.165) is 5.75 Å². The van der Waals surface area contributed by atoms with Gasteiger partial charge in [-0.1, -0.05) is 15.9 Å². The van der Waals surface area contributed by atoms with Crippen LogP contribution in [0.1, 0.15) is 0 Å². The summed E-state index contributed by atoms with van der Waals surface area (Å²) in [5.41, 5.74) is 0. The lowest BCUT2D eigenvalue weighted by Crippen LogP contribution is -2.22. The minimum atomic E-state index is -0.433. The van der Waals surface area contributed by atoms with E-state index >= 15 is 0 Å². The molecule has 0 aliphatic rings. The van der Waals surface area contributed by atoms with Crippen LogP contribution >= 0.6 is 27.7 Å². The van der Waals surface area contributed by atoms with Crippen molar-refractivity contribution in [2.45, 2.75) is 9.72 Å². The van der Waals surface area contributed by atoms with Crippen molar-refractivity contribution in [1.29, 1.82) is 0 Å². The van der Waals surface area contributed by atoms with E-state index in [-0.39, 0.29) is 12.6 Å². The number of benzene rings is 1. The van der Waals surface area contributed by atoms with E-state index < -0.39 is 4.83 Å². The Morgan fingerprint density at radius 2 is 2.06 bits per heavy atom. The van der Waals surface area contributed by atoms with Gasteiger partial charge in [0.2, 0.25) is 0 Å². The molecule has 16 heavy (non-hydrogen) atoms. The van der Waals surface area contributed by atoms with Crippen molar-refractivity contribution in [1.82, 2.24) is 0 Å². The number of carbonyl (C=O) groups excluding carboxylic acids is 1. The fraction of sp³-hybridized carbons (Fsp3) is 0.364. The van der Waals surface area contributed by atoms with Gasteiger partial charge in [0, 0.05) is 4.90 Å². The monoisotopic (exact) mass is 304 g/mol. The van der Waals surface area contributed by atoms with Gasteiger partial charge < -0.3 is 9.47 Å². The smallest absolute Gasteiger partial charge is 0.322 e. The van der Waals surface area contributed by atoms with Crippen molar-refractivity contribution >= 4 is 33.7 Å². The lowest BCUT2D eigenvalue weighted by Gasteiger charge is -2.10. The third kappa shape index (κ3) is 4.06. The predicted octanol–water partition coefficient (Wildman–Crippen LogP) is 2.72. The number of alkyl halides is 1. The van der Waals surface area contributed by atoms with Gasteiger partial charge in [-0.25, -0.2) is 0 Å². The highest BCUT2D eigenvalue weighted by atomic mass is 79.9. The molecule has 0 radical (unpaired) electrons. The van der Waals surface area contributed by atoms with Gasteiger partial charge in [0.15, 0.2) is 0 Å². The van der Waals surface area contributed by atoms with Crippen LogP contribution in [0.2, 0.25) is 0 Å². The first-order valence-corrected chi connectivity index (χ1v) is 6.80. The number of halogens is 1. The Hall–Kier alpha value is -0.680. The highest BCUT2D eigenvalue weighted by Crippen LogP contribution is 2.19. The summed E-state index contributed by atoms with van der Waals surface area (Å²) in [5, 5.41) is 0. The van der Waals surface area contributed by atoms with Gasteiger partial charge in [-0.2, -0.15) is 0 Å². The van der Waals surface area contributed by atoms with Crippen molar-refractivity contribution in [3.63, 3.8) is 0 Å². The van der Waals surface area contributed by atoms with Crippen LogP contribution in [0.3, 0.4) is 0 Å². The minimum Gasteiger partial charge on any atom is -0.492 e. The molecule has 0 saturated carbocycles. The molecule has 0 heterocycles. The predicted molar refractivity (Wildman–Crippen MR) is 68.4 cm³/mol. The fourth-order valence-electron chi connectivity index (χ4n) is 1.04. The Morgan fingerprint density at radius 1 is 1.44 bits per heavy atom. The standard InChI is InChI=1S/C11H13BrO3S/c1-14-11(13)10(12)7-15-8-3-5-9(16-2)6-4-8/h3-6,10H,7H2,1-2H3. The number of thioether (sulfide) groups is 1. The molecule has 0 aliphatic carbocycles. The molecule has 3 nitrogen and oxygen atoms in total. The molecule has 1 rings (SSSR count). The molecule has 0 fully saturated rings. The highest BCUT2D eigenvalue weighted by Gasteiger charge is 2.15. The first-order chi connectivity index (χ1) is 7.67. The van der Waals surface area contributed by atoms with Gasteiger partial charge in [-0.05, 0) is 30.5 Å². The Kier molecular flexibility index (Phi) is 5.69. The summed E-state index contributed by atoms with van der Waals surface area (Å²) in [7, 11) is 1.35. The molecule has 5 heteroatoms. The molecule has 88 valence electrons.